The predicted octanol–water partition coefficient (Wildman–Crippen LogP) is 1.89. The van der Waals surface area contributed by atoms with Crippen molar-refractivity contribution in [1.29, 1.82) is 0 Å². The van der Waals surface area contributed by atoms with Gasteiger partial charge in [-0.2, -0.15) is 0 Å². The molecule has 1 saturated heterocycles. The minimum atomic E-state index is -0.135. The van der Waals surface area contributed by atoms with E-state index in [9.17, 15) is 4.79 Å². The molecule has 1 aliphatic heterocycles. The Hall–Kier alpha value is -1.43. The smallest absolute Gasteiger partial charge is 0.293 e. The first kappa shape index (κ1) is 14.5. The monoisotopic (exact) mass is 292 g/mol. The molecule has 1 aromatic heterocycles. The summed E-state index contributed by atoms with van der Waals surface area (Å²) in [5.41, 5.74) is -0.135. The molecule has 0 spiro atoms. The van der Waals surface area contributed by atoms with E-state index in [4.69, 9.17) is 4.74 Å². The van der Waals surface area contributed by atoms with Gasteiger partial charge in [0, 0.05) is 12.0 Å². The maximum atomic E-state index is 12.7. The van der Waals surface area contributed by atoms with Gasteiger partial charge >= 0.3 is 0 Å². The van der Waals surface area contributed by atoms with Crippen molar-refractivity contribution in [2.75, 3.05) is 13.2 Å². The standard InChI is InChI=1S/C15H24N4O2/c1-15(2,3)14-16-12(17-18-14)13(20)19-8-9-21-11-7-5-4-6-10(11)19/h10-11H,4-9H2,1-3H3,(H,16,17,18). The van der Waals surface area contributed by atoms with Crippen molar-refractivity contribution in [3.8, 4) is 0 Å². The lowest BCUT2D eigenvalue weighted by Crippen LogP contribution is -2.55. The molecule has 1 saturated carbocycles. The molecule has 21 heavy (non-hydrogen) atoms. The van der Waals surface area contributed by atoms with Crippen LogP contribution in [0.15, 0.2) is 0 Å². The van der Waals surface area contributed by atoms with E-state index in [1.807, 2.05) is 25.7 Å². The Balaban J connectivity index is 1.79. The van der Waals surface area contributed by atoms with E-state index in [1.165, 1.54) is 6.42 Å². The van der Waals surface area contributed by atoms with Gasteiger partial charge < -0.3 is 9.64 Å². The average Bonchev–Trinajstić information content (AvgIpc) is 2.96. The molecule has 6 nitrogen and oxygen atoms in total. The number of ether oxygens (including phenoxy) is 1. The van der Waals surface area contributed by atoms with Crippen LogP contribution in [0.5, 0.6) is 0 Å². The van der Waals surface area contributed by atoms with Gasteiger partial charge in [0.2, 0.25) is 5.82 Å². The molecular weight excluding hydrogens is 268 g/mol. The summed E-state index contributed by atoms with van der Waals surface area (Å²) in [5.74, 6) is 0.965. The summed E-state index contributed by atoms with van der Waals surface area (Å²) < 4.78 is 5.82. The number of carbonyl (C=O) groups is 1. The number of H-pyrrole nitrogens is 1. The molecule has 2 aliphatic rings. The average molecular weight is 292 g/mol. The summed E-state index contributed by atoms with van der Waals surface area (Å²) in [6.45, 7) is 7.40. The number of nitrogens with one attached hydrogen (secondary N) is 1. The number of morpholine rings is 1. The van der Waals surface area contributed by atoms with Crippen LogP contribution in [-0.2, 0) is 10.2 Å². The molecule has 2 fully saturated rings. The fourth-order valence-electron chi connectivity index (χ4n) is 3.17. The van der Waals surface area contributed by atoms with E-state index in [0.717, 1.165) is 25.1 Å². The fourth-order valence-corrected chi connectivity index (χ4v) is 3.17. The molecule has 116 valence electrons. The van der Waals surface area contributed by atoms with Gasteiger partial charge in [0.15, 0.2) is 0 Å². The normalized spacial score (nSPS) is 26.5. The number of hydrogen-bond acceptors (Lipinski definition) is 4. The summed E-state index contributed by atoms with van der Waals surface area (Å²) in [5, 5.41) is 7.03. The second-order valence-corrected chi connectivity index (χ2v) is 7.02. The van der Waals surface area contributed by atoms with Gasteiger partial charge in [0.05, 0.1) is 18.8 Å². The van der Waals surface area contributed by atoms with Crippen molar-refractivity contribution >= 4 is 5.91 Å². The third-order valence-corrected chi connectivity index (χ3v) is 4.38. The third-order valence-electron chi connectivity index (χ3n) is 4.38. The van der Waals surface area contributed by atoms with E-state index in [-0.39, 0.29) is 29.3 Å². The van der Waals surface area contributed by atoms with Crippen LogP contribution in [0.4, 0.5) is 0 Å². The molecular formula is C15H24N4O2. The Kier molecular flexibility index (Phi) is 3.73. The fraction of sp³-hybridized carbons (Fsp3) is 0.800. The zero-order valence-electron chi connectivity index (χ0n) is 13.1. The Morgan fingerprint density at radius 3 is 2.81 bits per heavy atom. The maximum absolute atomic E-state index is 12.7. The second kappa shape index (κ2) is 5.40. The number of aromatic amines is 1. The lowest BCUT2D eigenvalue weighted by Gasteiger charge is -2.43. The van der Waals surface area contributed by atoms with Crippen molar-refractivity contribution in [1.82, 2.24) is 20.1 Å². The van der Waals surface area contributed by atoms with Gasteiger partial charge in [-0.05, 0) is 12.8 Å². The molecule has 1 aliphatic carbocycles. The van der Waals surface area contributed by atoms with E-state index in [0.29, 0.717) is 13.2 Å². The Bertz CT molecular complexity index is 518. The zero-order valence-corrected chi connectivity index (χ0v) is 13.1. The molecule has 0 aromatic carbocycles. The first-order chi connectivity index (χ1) is 9.97. The van der Waals surface area contributed by atoms with Gasteiger partial charge in [-0.25, -0.2) is 4.98 Å². The lowest BCUT2D eigenvalue weighted by molar-refractivity contribution is -0.0755. The molecule has 1 aromatic rings. The number of amides is 1. The number of nitrogens with zero attached hydrogens (tertiary/aromatic N) is 3. The minimum Gasteiger partial charge on any atom is -0.374 e. The van der Waals surface area contributed by atoms with Crippen LogP contribution in [0.3, 0.4) is 0 Å². The number of carbonyl (C=O) groups excluding carboxylic acids is 1. The Labute approximate surface area is 125 Å². The summed E-state index contributed by atoms with van der Waals surface area (Å²) in [7, 11) is 0. The molecule has 2 atom stereocenters. The van der Waals surface area contributed by atoms with E-state index >= 15 is 0 Å². The molecule has 0 radical (unpaired) electrons. The van der Waals surface area contributed by atoms with E-state index in [1.54, 1.807) is 0 Å². The zero-order chi connectivity index (χ0) is 15.0. The highest BCUT2D eigenvalue weighted by Gasteiger charge is 2.38. The molecule has 0 bridgehead atoms. The molecule has 3 rings (SSSR count). The number of aromatic nitrogens is 3. The van der Waals surface area contributed by atoms with Crippen LogP contribution in [0, 0.1) is 0 Å². The SMILES string of the molecule is CC(C)(C)c1nc(C(=O)N2CCOC3CCCCC32)n[nH]1. The van der Waals surface area contributed by atoms with Crippen molar-refractivity contribution in [3.63, 3.8) is 0 Å². The van der Waals surface area contributed by atoms with Gasteiger partial charge in [0.1, 0.15) is 5.82 Å². The van der Waals surface area contributed by atoms with Crippen LogP contribution in [0.1, 0.15) is 62.9 Å². The maximum Gasteiger partial charge on any atom is 0.293 e. The second-order valence-electron chi connectivity index (χ2n) is 7.02. The summed E-state index contributed by atoms with van der Waals surface area (Å²) >= 11 is 0. The third kappa shape index (κ3) is 2.81. The first-order valence-corrected chi connectivity index (χ1v) is 7.82. The van der Waals surface area contributed by atoms with Crippen LogP contribution in [0.2, 0.25) is 0 Å². The summed E-state index contributed by atoms with van der Waals surface area (Å²) in [6.07, 6.45) is 4.62. The molecule has 1 N–H and O–H groups in total. The van der Waals surface area contributed by atoms with Gasteiger partial charge in [-0.3, -0.25) is 9.89 Å². The van der Waals surface area contributed by atoms with Crippen molar-refractivity contribution in [2.45, 2.75) is 64.0 Å². The van der Waals surface area contributed by atoms with Gasteiger partial charge in [-0.1, -0.05) is 33.6 Å². The topological polar surface area (TPSA) is 71.1 Å². The van der Waals surface area contributed by atoms with Gasteiger partial charge in [0.25, 0.3) is 5.91 Å². The highest BCUT2D eigenvalue weighted by molar-refractivity contribution is 5.90. The highest BCUT2D eigenvalue weighted by atomic mass is 16.5. The van der Waals surface area contributed by atoms with E-state index in [2.05, 4.69) is 15.2 Å². The predicted molar refractivity (Wildman–Crippen MR) is 78.1 cm³/mol. The van der Waals surface area contributed by atoms with Gasteiger partial charge in [-0.15, -0.1) is 5.10 Å². The van der Waals surface area contributed by atoms with E-state index < -0.39 is 0 Å². The number of rotatable bonds is 1. The molecule has 2 heterocycles. The van der Waals surface area contributed by atoms with Crippen molar-refractivity contribution < 1.29 is 9.53 Å². The Morgan fingerprint density at radius 1 is 1.33 bits per heavy atom. The number of hydrogen-bond donors (Lipinski definition) is 1. The quantitative estimate of drug-likeness (QED) is 0.858. The Morgan fingerprint density at radius 2 is 2.10 bits per heavy atom. The lowest BCUT2D eigenvalue weighted by atomic mass is 9.90. The van der Waals surface area contributed by atoms with Crippen LogP contribution in [-0.4, -0.2) is 51.3 Å². The van der Waals surface area contributed by atoms with Crippen LogP contribution in [0.25, 0.3) is 0 Å². The minimum absolute atomic E-state index is 0.0676. The summed E-state index contributed by atoms with van der Waals surface area (Å²) in [4.78, 5) is 19.0. The summed E-state index contributed by atoms with van der Waals surface area (Å²) in [6, 6.07) is 0.191. The van der Waals surface area contributed by atoms with Crippen LogP contribution >= 0.6 is 0 Å². The molecule has 6 heteroatoms. The van der Waals surface area contributed by atoms with Crippen molar-refractivity contribution in [3.05, 3.63) is 11.6 Å². The highest BCUT2D eigenvalue weighted by Crippen LogP contribution is 2.29. The first-order valence-electron chi connectivity index (χ1n) is 7.82. The molecule has 2 unspecified atom stereocenters. The molecule has 1 amide bonds. The van der Waals surface area contributed by atoms with Crippen molar-refractivity contribution in [2.24, 2.45) is 0 Å². The number of fused-ring (bicyclic) bond motifs is 1. The largest absolute Gasteiger partial charge is 0.374 e. The van der Waals surface area contributed by atoms with Crippen LogP contribution < -0.4 is 0 Å².